The van der Waals surface area contributed by atoms with Crippen LogP contribution in [0.4, 0.5) is 0 Å². The van der Waals surface area contributed by atoms with E-state index in [1.165, 1.54) is 19.3 Å². The van der Waals surface area contributed by atoms with E-state index in [0.29, 0.717) is 5.41 Å². The van der Waals surface area contributed by atoms with Crippen molar-refractivity contribution in [2.75, 3.05) is 0 Å². The van der Waals surface area contributed by atoms with E-state index in [0.717, 1.165) is 12.3 Å². The van der Waals surface area contributed by atoms with Gasteiger partial charge in [0.2, 0.25) is 0 Å². The van der Waals surface area contributed by atoms with Crippen LogP contribution in [0.3, 0.4) is 0 Å². The first-order valence-corrected chi connectivity index (χ1v) is 7.80. The molecule has 4 unspecified atom stereocenters. The fourth-order valence-corrected chi connectivity index (χ4v) is 4.44. The van der Waals surface area contributed by atoms with Crippen LogP contribution in [0.2, 0.25) is 0 Å². The predicted octanol–water partition coefficient (Wildman–Crippen LogP) is 4.36. The van der Waals surface area contributed by atoms with E-state index < -0.39 is 6.29 Å². The molecular weight excluding hydrogens is 236 g/mol. The molecule has 1 N–H and O–H groups in total. The van der Waals surface area contributed by atoms with Crippen LogP contribution in [-0.4, -0.2) is 17.0 Å². The van der Waals surface area contributed by atoms with Crippen LogP contribution in [0, 0.1) is 22.2 Å². The summed E-state index contributed by atoms with van der Waals surface area (Å²) in [6.45, 7) is 15.5. The van der Waals surface area contributed by atoms with E-state index >= 15 is 0 Å². The molecule has 0 amide bonds. The minimum atomic E-state index is -0.690. The minimum Gasteiger partial charge on any atom is -0.367 e. The summed E-state index contributed by atoms with van der Waals surface area (Å²) in [4.78, 5) is 0. The van der Waals surface area contributed by atoms with Gasteiger partial charge in [-0.05, 0) is 37.5 Å². The van der Waals surface area contributed by atoms with Crippen molar-refractivity contribution in [1.29, 1.82) is 0 Å². The van der Waals surface area contributed by atoms with Gasteiger partial charge in [0.25, 0.3) is 0 Å². The Bertz CT molecular complexity index is 355. The number of rotatable bonds is 2. The van der Waals surface area contributed by atoms with Gasteiger partial charge in [-0.15, -0.1) is 0 Å². The lowest BCUT2D eigenvalue weighted by Gasteiger charge is -2.52. The van der Waals surface area contributed by atoms with Crippen molar-refractivity contribution < 1.29 is 9.84 Å². The molecule has 2 aliphatic rings. The number of fused-ring (bicyclic) bond motifs is 2. The Morgan fingerprint density at radius 3 is 2.21 bits per heavy atom. The predicted molar refractivity (Wildman–Crippen MR) is 78.8 cm³/mol. The topological polar surface area (TPSA) is 29.5 Å². The van der Waals surface area contributed by atoms with Crippen molar-refractivity contribution in [3.8, 4) is 0 Å². The van der Waals surface area contributed by atoms with Crippen LogP contribution >= 0.6 is 0 Å². The molecule has 2 nitrogen and oxygen atoms in total. The molecule has 112 valence electrons. The van der Waals surface area contributed by atoms with Gasteiger partial charge in [0.1, 0.15) is 0 Å². The lowest BCUT2D eigenvalue weighted by atomic mass is 9.56. The van der Waals surface area contributed by atoms with Gasteiger partial charge in [-0.25, -0.2) is 0 Å². The normalized spacial score (nSPS) is 43.3. The highest BCUT2D eigenvalue weighted by Crippen LogP contribution is 2.68. The van der Waals surface area contributed by atoms with Gasteiger partial charge in [0.15, 0.2) is 6.29 Å². The molecule has 0 aromatic heterocycles. The van der Waals surface area contributed by atoms with Crippen molar-refractivity contribution in [2.24, 2.45) is 22.2 Å². The molecule has 2 saturated carbocycles. The molecule has 2 heteroatoms. The van der Waals surface area contributed by atoms with Crippen LogP contribution < -0.4 is 0 Å². The second-order valence-electron chi connectivity index (χ2n) is 8.91. The molecule has 2 aliphatic carbocycles. The third-order valence-corrected chi connectivity index (χ3v) is 6.59. The molecule has 0 spiro atoms. The third kappa shape index (κ3) is 2.06. The Hall–Kier alpha value is -0.0800. The van der Waals surface area contributed by atoms with Gasteiger partial charge in [-0.1, -0.05) is 48.0 Å². The molecule has 2 rings (SSSR count). The Morgan fingerprint density at radius 2 is 1.74 bits per heavy atom. The van der Waals surface area contributed by atoms with Crippen molar-refractivity contribution in [3.05, 3.63) is 0 Å². The molecule has 0 radical (unpaired) electrons. The van der Waals surface area contributed by atoms with E-state index in [1.54, 1.807) is 0 Å². The van der Waals surface area contributed by atoms with Gasteiger partial charge < -0.3 is 9.84 Å². The van der Waals surface area contributed by atoms with Crippen molar-refractivity contribution in [2.45, 2.75) is 86.0 Å². The zero-order valence-corrected chi connectivity index (χ0v) is 13.8. The summed E-state index contributed by atoms with van der Waals surface area (Å²) in [6, 6.07) is 0. The molecule has 0 aliphatic heterocycles. The van der Waals surface area contributed by atoms with Crippen LogP contribution in [-0.2, 0) is 4.74 Å². The van der Waals surface area contributed by atoms with E-state index in [2.05, 4.69) is 27.7 Å². The fourth-order valence-electron chi connectivity index (χ4n) is 4.44. The number of hydrogen-bond acceptors (Lipinski definition) is 2. The number of aliphatic hydroxyl groups excluding tert-OH is 1. The Balaban J connectivity index is 2.30. The van der Waals surface area contributed by atoms with Crippen LogP contribution in [0.1, 0.15) is 74.1 Å². The SMILES string of the molecule is CC(C)(C)C(O)OC1(C)CC2CCCC1(C)C2(C)C. The van der Waals surface area contributed by atoms with E-state index in [9.17, 15) is 5.11 Å². The van der Waals surface area contributed by atoms with Crippen molar-refractivity contribution in [1.82, 2.24) is 0 Å². The molecule has 19 heavy (non-hydrogen) atoms. The average Bonchev–Trinajstić information content (AvgIpc) is 2.35. The lowest BCUT2D eigenvalue weighted by Crippen LogP contribution is -2.52. The van der Waals surface area contributed by atoms with Gasteiger partial charge in [0, 0.05) is 10.8 Å². The largest absolute Gasteiger partial charge is 0.367 e. The summed E-state index contributed by atoms with van der Waals surface area (Å²) in [6.07, 6.45) is 4.22. The molecule has 0 heterocycles. The Kier molecular flexibility index (Phi) is 3.39. The van der Waals surface area contributed by atoms with E-state index in [4.69, 9.17) is 4.74 Å². The van der Waals surface area contributed by atoms with E-state index in [1.807, 2.05) is 20.8 Å². The molecule has 0 saturated heterocycles. The van der Waals surface area contributed by atoms with Crippen molar-refractivity contribution in [3.63, 3.8) is 0 Å². The van der Waals surface area contributed by atoms with Gasteiger partial charge in [0.05, 0.1) is 5.60 Å². The quantitative estimate of drug-likeness (QED) is 0.754. The molecule has 2 fully saturated rings. The average molecular weight is 268 g/mol. The van der Waals surface area contributed by atoms with Gasteiger partial charge in [-0.2, -0.15) is 0 Å². The second-order valence-corrected chi connectivity index (χ2v) is 8.91. The van der Waals surface area contributed by atoms with Crippen molar-refractivity contribution >= 4 is 0 Å². The highest BCUT2D eigenvalue weighted by molar-refractivity contribution is 5.14. The molecule has 4 atom stereocenters. The Morgan fingerprint density at radius 1 is 1.16 bits per heavy atom. The minimum absolute atomic E-state index is 0.162. The molecular formula is C17H32O2. The van der Waals surface area contributed by atoms with Crippen LogP contribution in [0.5, 0.6) is 0 Å². The van der Waals surface area contributed by atoms with Crippen LogP contribution in [0.15, 0.2) is 0 Å². The standard InChI is InChI=1S/C17H32O2/c1-14(2,3)13(18)19-17(7)11-12-9-8-10-16(17,6)15(12,4)5/h12-13,18H,8-11H2,1-7H3. The Labute approximate surface area is 118 Å². The fraction of sp³-hybridized carbons (Fsp3) is 1.00. The number of ether oxygens (including phenoxy) is 1. The maximum atomic E-state index is 10.4. The second kappa shape index (κ2) is 4.21. The third-order valence-electron chi connectivity index (χ3n) is 6.59. The summed E-state index contributed by atoms with van der Waals surface area (Å²) in [7, 11) is 0. The smallest absolute Gasteiger partial charge is 0.160 e. The summed E-state index contributed by atoms with van der Waals surface area (Å²) in [5.74, 6) is 0.725. The summed E-state index contributed by atoms with van der Waals surface area (Å²) in [5, 5.41) is 10.4. The lowest BCUT2D eigenvalue weighted by molar-refractivity contribution is -0.256. The molecule has 0 aromatic rings. The highest BCUT2D eigenvalue weighted by atomic mass is 16.6. The number of hydrogen-bond donors (Lipinski definition) is 1. The van der Waals surface area contributed by atoms with Crippen LogP contribution in [0.25, 0.3) is 0 Å². The van der Waals surface area contributed by atoms with E-state index in [-0.39, 0.29) is 16.4 Å². The summed E-state index contributed by atoms with van der Waals surface area (Å²) in [5.41, 5.74) is 0.0390. The monoisotopic (exact) mass is 268 g/mol. The number of aliphatic hydroxyl groups is 1. The molecule has 2 bridgehead atoms. The zero-order valence-electron chi connectivity index (χ0n) is 13.8. The maximum Gasteiger partial charge on any atom is 0.160 e. The first-order chi connectivity index (χ1) is 8.44. The summed E-state index contributed by atoms with van der Waals surface area (Å²) >= 11 is 0. The first-order valence-electron chi connectivity index (χ1n) is 7.80. The summed E-state index contributed by atoms with van der Waals surface area (Å²) < 4.78 is 6.27. The highest BCUT2D eigenvalue weighted by Gasteiger charge is 2.65. The van der Waals surface area contributed by atoms with Gasteiger partial charge in [-0.3, -0.25) is 0 Å². The zero-order chi connectivity index (χ0) is 14.7. The molecule has 0 aromatic carbocycles. The van der Waals surface area contributed by atoms with Gasteiger partial charge >= 0.3 is 0 Å². The first kappa shape index (κ1) is 15.3. The maximum absolute atomic E-state index is 10.4.